The first-order valence-electron chi connectivity index (χ1n) is 11.3. The van der Waals surface area contributed by atoms with Gasteiger partial charge in [0, 0.05) is 41.4 Å². The van der Waals surface area contributed by atoms with Gasteiger partial charge in [-0.1, -0.05) is 48.5 Å². The monoisotopic (exact) mass is 568 g/mol. The van der Waals surface area contributed by atoms with Crippen molar-refractivity contribution in [3.05, 3.63) is 86.5 Å². The minimum Gasteiger partial charge on any atom is -0.478 e. The van der Waals surface area contributed by atoms with Crippen LogP contribution in [0.1, 0.15) is 33.0 Å². The van der Waals surface area contributed by atoms with Crippen LogP contribution in [0.15, 0.2) is 60.7 Å². The number of benzene rings is 3. The summed E-state index contributed by atoms with van der Waals surface area (Å²) in [6.45, 7) is 4.45. The number of fused-ring (bicyclic) bond motifs is 3. The van der Waals surface area contributed by atoms with E-state index in [4.69, 9.17) is 4.74 Å². The van der Waals surface area contributed by atoms with Gasteiger partial charge in [0.2, 0.25) is 0 Å². The molecule has 174 valence electrons. The number of piperazine rings is 1. The Kier molecular flexibility index (Phi) is 6.20. The molecule has 6 nitrogen and oxygen atoms in total. The zero-order valence-corrected chi connectivity index (χ0v) is 21.0. The molecule has 3 aromatic carbocycles. The molecule has 0 saturated carbocycles. The molecule has 0 unspecified atom stereocenters. The van der Waals surface area contributed by atoms with E-state index in [0.29, 0.717) is 38.3 Å². The smallest absolute Gasteiger partial charge is 0.409 e. The summed E-state index contributed by atoms with van der Waals surface area (Å²) in [5.74, 6) is -0.878. The molecule has 1 heterocycles. The van der Waals surface area contributed by atoms with Gasteiger partial charge < -0.3 is 19.6 Å². The van der Waals surface area contributed by atoms with Crippen LogP contribution in [0.5, 0.6) is 0 Å². The summed E-state index contributed by atoms with van der Waals surface area (Å²) < 4.78 is 6.72. The number of ether oxygens (including phenoxy) is 1. The van der Waals surface area contributed by atoms with E-state index < -0.39 is 5.97 Å². The lowest BCUT2D eigenvalue weighted by Gasteiger charge is -2.36. The van der Waals surface area contributed by atoms with Crippen molar-refractivity contribution >= 4 is 40.3 Å². The third-order valence-corrected chi connectivity index (χ3v) is 7.92. The van der Waals surface area contributed by atoms with Crippen molar-refractivity contribution in [3.63, 3.8) is 0 Å². The largest absolute Gasteiger partial charge is 0.478 e. The Morgan fingerprint density at radius 3 is 2.15 bits per heavy atom. The van der Waals surface area contributed by atoms with Crippen LogP contribution in [0.2, 0.25) is 0 Å². The topological polar surface area (TPSA) is 70.1 Å². The number of anilines is 1. The molecule has 7 heteroatoms. The first kappa shape index (κ1) is 22.7. The molecular weight excluding hydrogens is 543 g/mol. The molecule has 1 fully saturated rings. The second kappa shape index (κ2) is 9.29. The molecule has 34 heavy (non-hydrogen) atoms. The average molecular weight is 568 g/mol. The van der Waals surface area contributed by atoms with Crippen molar-refractivity contribution in [2.75, 3.05) is 37.7 Å². The van der Waals surface area contributed by atoms with E-state index in [1.165, 1.54) is 22.3 Å². The molecule has 0 aromatic heterocycles. The third-order valence-electron chi connectivity index (χ3n) is 6.80. The fourth-order valence-corrected chi connectivity index (χ4v) is 5.51. The molecule has 0 bridgehead atoms. The molecule has 0 atom stereocenters. The van der Waals surface area contributed by atoms with E-state index >= 15 is 0 Å². The van der Waals surface area contributed by atoms with Crippen LogP contribution in [0, 0.1) is 10.5 Å². The van der Waals surface area contributed by atoms with Crippen LogP contribution in [0.25, 0.3) is 11.1 Å². The highest BCUT2D eigenvalue weighted by molar-refractivity contribution is 14.1. The van der Waals surface area contributed by atoms with Crippen molar-refractivity contribution in [2.45, 2.75) is 12.8 Å². The summed E-state index contributed by atoms with van der Waals surface area (Å²) in [5, 5.41) is 9.51. The lowest BCUT2D eigenvalue weighted by Crippen LogP contribution is -2.49. The SMILES string of the molecule is Cc1c(I)cc(N2CCN(C(=O)OCC3c4ccccc4-c4ccccc43)CC2)cc1C(=O)O. The van der Waals surface area contributed by atoms with Gasteiger partial charge in [0.05, 0.1) is 5.56 Å². The minimum atomic E-state index is -0.922. The fourth-order valence-electron chi connectivity index (χ4n) is 4.90. The van der Waals surface area contributed by atoms with Gasteiger partial charge in [0.1, 0.15) is 6.61 Å². The quantitative estimate of drug-likeness (QED) is 0.429. The number of nitrogens with zero attached hydrogens (tertiary/aromatic N) is 2. The van der Waals surface area contributed by atoms with Crippen LogP contribution in [-0.2, 0) is 4.74 Å². The van der Waals surface area contributed by atoms with E-state index in [-0.39, 0.29) is 12.0 Å². The summed E-state index contributed by atoms with van der Waals surface area (Å²) in [7, 11) is 0. The van der Waals surface area contributed by atoms with Gasteiger partial charge in [-0.3, -0.25) is 0 Å². The standard InChI is InChI=1S/C27H25IN2O4/c1-17-23(26(31)32)14-18(15-25(17)28)29-10-12-30(13-11-29)27(33)34-16-24-21-8-4-2-6-19(21)20-7-3-5-9-22(20)24/h2-9,14-15,24H,10-13,16H2,1H3,(H,31,32). The fraction of sp³-hybridized carbons (Fsp3) is 0.259. The lowest BCUT2D eigenvalue weighted by molar-refractivity contribution is 0.0696. The van der Waals surface area contributed by atoms with E-state index in [9.17, 15) is 14.7 Å². The van der Waals surface area contributed by atoms with E-state index in [2.05, 4.69) is 51.8 Å². The summed E-state index contributed by atoms with van der Waals surface area (Å²) in [6.07, 6.45) is -0.300. The molecule has 0 radical (unpaired) electrons. The Balaban J connectivity index is 1.23. The van der Waals surface area contributed by atoms with E-state index in [0.717, 1.165) is 14.8 Å². The second-order valence-electron chi connectivity index (χ2n) is 8.68. The molecule has 5 rings (SSSR count). The zero-order valence-electron chi connectivity index (χ0n) is 18.8. The number of halogens is 1. The highest BCUT2D eigenvalue weighted by Gasteiger charge is 2.30. The Hall–Kier alpha value is -3.07. The Labute approximate surface area is 212 Å². The average Bonchev–Trinajstić information content (AvgIpc) is 3.18. The number of hydrogen-bond acceptors (Lipinski definition) is 4. The number of carboxylic acid groups (broad SMARTS) is 1. The van der Waals surface area contributed by atoms with Crippen LogP contribution >= 0.6 is 22.6 Å². The molecule has 0 spiro atoms. The number of amides is 1. The third kappa shape index (κ3) is 4.13. The highest BCUT2D eigenvalue weighted by atomic mass is 127. The molecule has 1 N–H and O–H groups in total. The number of carbonyl (C=O) groups is 2. The van der Waals surface area contributed by atoms with Crippen molar-refractivity contribution in [2.24, 2.45) is 0 Å². The molecule has 1 aliphatic heterocycles. The van der Waals surface area contributed by atoms with E-state index in [1.54, 1.807) is 11.0 Å². The van der Waals surface area contributed by atoms with Crippen LogP contribution in [0.4, 0.5) is 10.5 Å². The van der Waals surface area contributed by atoms with Gasteiger partial charge >= 0.3 is 12.1 Å². The summed E-state index contributed by atoms with van der Waals surface area (Å²) >= 11 is 2.18. The van der Waals surface area contributed by atoms with Crippen LogP contribution in [0.3, 0.4) is 0 Å². The molecule has 1 saturated heterocycles. The highest BCUT2D eigenvalue weighted by Crippen LogP contribution is 2.44. The Morgan fingerprint density at radius 1 is 0.971 bits per heavy atom. The first-order valence-corrected chi connectivity index (χ1v) is 12.4. The lowest BCUT2D eigenvalue weighted by atomic mass is 9.98. The van der Waals surface area contributed by atoms with Crippen molar-refractivity contribution in [3.8, 4) is 11.1 Å². The number of carbonyl (C=O) groups excluding carboxylic acids is 1. The van der Waals surface area contributed by atoms with E-state index in [1.807, 2.05) is 37.3 Å². The number of carboxylic acids is 1. The van der Waals surface area contributed by atoms with Crippen molar-refractivity contribution in [1.82, 2.24) is 4.90 Å². The molecule has 1 aliphatic carbocycles. The van der Waals surface area contributed by atoms with Crippen molar-refractivity contribution in [1.29, 1.82) is 0 Å². The number of aromatic carboxylic acids is 1. The summed E-state index contributed by atoms with van der Waals surface area (Å²) in [6, 6.07) is 20.3. The van der Waals surface area contributed by atoms with Gasteiger partial charge in [-0.15, -0.1) is 0 Å². The summed E-state index contributed by atoms with van der Waals surface area (Å²) in [4.78, 5) is 28.3. The van der Waals surface area contributed by atoms with Gasteiger partial charge in [0.25, 0.3) is 0 Å². The number of hydrogen-bond donors (Lipinski definition) is 1. The first-order chi connectivity index (χ1) is 16.4. The molecule has 2 aliphatic rings. The van der Waals surface area contributed by atoms with Crippen LogP contribution in [-0.4, -0.2) is 54.9 Å². The predicted octanol–water partition coefficient (Wildman–Crippen LogP) is 5.37. The molecular formula is C27H25IN2O4. The Morgan fingerprint density at radius 2 is 1.56 bits per heavy atom. The van der Waals surface area contributed by atoms with Gasteiger partial charge in [-0.05, 0) is 69.5 Å². The Bertz CT molecular complexity index is 1220. The zero-order chi connectivity index (χ0) is 23.8. The normalized spacial score (nSPS) is 15.1. The molecule has 1 amide bonds. The minimum absolute atomic E-state index is 0.0433. The summed E-state index contributed by atoms with van der Waals surface area (Å²) in [5.41, 5.74) is 6.78. The molecule has 3 aromatic rings. The maximum absolute atomic E-state index is 12.9. The number of rotatable bonds is 4. The van der Waals surface area contributed by atoms with Gasteiger partial charge in [-0.25, -0.2) is 9.59 Å². The second-order valence-corrected chi connectivity index (χ2v) is 9.85. The predicted molar refractivity (Wildman–Crippen MR) is 140 cm³/mol. The maximum atomic E-state index is 12.9. The van der Waals surface area contributed by atoms with Gasteiger partial charge in [0.15, 0.2) is 0 Å². The maximum Gasteiger partial charge on any atom is 0.409 e. The van der Waals surface area contributed by atoms with Crippen molar-refractivity contribution < 1.29 is 19.4 Å². The van der Waals surface area contributed by atoms with Crippen LogP contribution < -0.4 is 4.90 Å². The van der Waals surface area contributed by atoms with Gasteiger partial charge in [-0.2, -0.15) is 0 Å².